The van der Waals surface area contributed by atoms with Gasteiger partial charge in [0, 0.05) is 23.6 Å². The Balaban J connectivity index is 1.77. The molecule has 4 aromatic carbocycles. The summed E-state index contributed by atoms with van der Waals surface area (Å²) >= 11 is 0. The molecule has 174 valence electrons. The van der Waals surface area contributed by atoms with E-state index in [-0.39, 0.29) is 17.3 Å². The Hall–Kier alpha value is -4.51. The molecule has 5 heteroatoms. The minimum atomic E-state index is -0.516. The Morgan fingerprint density at radius 3 is 1.77 bits per heavy atom. The van der Waals surface area contributed by atoms with E-state index in [4.69, 9.17) is 9.98 Å². The highest BCUT2D eigenvalue weighted by Gasteiger charge is 2.20. The maximum absolute atomic E-state index is 13.7. The molecule has 0 spiro atoms. The number of benzene rings is 4. The molecular weight excluding hydrogens is 439 g/mol. The van der Waals surface area contributed by atoms with Crippen molar-refractivity contribution in [3.63, 3.8) is 0 Å². The van der Waals surface area contributed by atoms with E-state index in [0.29, 0.717) is 11.1 Å². The van der Waals surface area contributed by atoms with Crippen molar-refractivity contribution in [1.29, 1.82) is 0 Å². The van der Waals surface area contributed by atoms with Gasteiger partial charge in [-0.2, -0.15) is 0 Å². The smallest absolute Gasteiger partial charge is 0.124 e. The van der Waals surface area contributed by atoms with Gasteiger partial charge in [0.25, 0.3) is 0 Å². The van der Waals surface area contributed by atoms with Gasteiger partial charge in [-0.15, -0.1) is 0 Å². The highest BCUT2D eigenvalue weighted by Crippen LogP contribution is 2.27. The monoisotopic (exact) mass is 464 g/mol. The molecule has 0 saturated carbocycles. The van der Waals surface area contributed by atoms with Crippen LogP contribution in [0.4, 0.5) is 4.39 Å². The number of hydrogen-bond acceptors (Lipinski definition) is 4. The highest BCUT2D eigenvalue weighted by atomic mass is 19.1. The Kier molecular flexibility index (Phi) is 7.81. The lowest BCUT2D eigenvalue weighted by Crippen LogP contribution is -2.14. The first-order valence-electron chi connectivity index (χ1n) is 11.2. The second kappa shape index (κ2) is 11.6. The first-order valence-corrected chi connectivity index (χ1v) is 11.2. The van der Waals surface area contributed by atoms with Gasteiger partial charge in [-0.05, 0) is 47.5 Å². The molecule has 4 nitrogen and oxygen atoms in total. The molecule has 0 aromatic heterocycles. The predicted molar refractivity (Wildman–Crippen MR) is 140 cm³/mol. The Morgan fingerprint density at radius 2 is 1.17 bits per heavy atom. The molecule has 0 fully saturated rings. The molecule has 0 unspecified atom stereocenters. The molecule has 0 aliphatic heterocycles. The molecule has 2 atom stereocenters. The zero-order valence-corrected chi connectivity index (χ0v) is 18.9. The van der Waals surface area contributed by atoms with E-state index in [1.807, 2.05) is 54.6 Å². The van der Waals surface area contributed by atoms with Gasteiger partial charge in [0.1, 0.15) is 23.4 Å². The summed E-state index contributed by atoms with van der Waals surface area (Å²) in [5.41, 5.74) is 2.90. The molecule has 4 rings (SSSR count). The number of phenols is 2. The van der Waals surface area contributed by atoms with Crippen molar-refractivity contribution in [2.45, 2.75) is 12.1 Å². The third-order valence-electron chi connectivity index (χ3n) is 5.45. The average Bonchev–Trinajstić information content (AvgIpc) is 2.88. The molecule has 0 aliphatic rings. The summed E-state index contributed by atoms with van der Waals surface area (Å²) in [5.74, 6) is -0.104. The lowest BCUT2D eigenvalue weighted by atomic mass is 9.98. The third-order valence-corrected chi connectivity index (χ3v) is 5.45. The maximum atomic E-state index is 13.7. The number of para-hydroxylation sites is 2. The summed E-state index contributed by atoms with van der Waals surface area (Å²) in [6.45, 7) is 0. The minimum absolute atomic E-state index is 0.114. The summed E-state index contributed by atoms with van der Waals surface area (Å²) in [6.07, 6.45) is 7.10. The van der Waals surface area contributed by atoms with E-state index in [0.717, 1.165) is 11.1 Å². The summed E-state index contributed by atoms with van der Waals surface area (Å²) in [6, 6.07) is 28.8. The lowest BCUT2D eigenvalue weighted by Gasteiger charge is -2.19. The van der Waals surface area contributed by atoms with Gasteiger partial charge in [-0.25, -0.2) is 4.39 Å². The van der Waals surface area contributed by atoms with E-state index in [1.165, 1.54) is 12.1 Å². The summed E-state index contributed by atoms with van der Waals surface area (Å²) < 4.78 is 13.7. The van der Waals surface area contributed by atoms with Crippen LogP contribution in [0.2, 0.25) is 0 Å². The fraction of sp³-hybridized carbons (Fsp3) is 0.0667. The predicted octanol–water partition coefficient (Wildman–Crippen LogP) is 6.60. The number of hydrogen-bond donors (Lipinski definition) is 2. The SMILES string of the molecule is Oc1ccccc1C=N[C@@H](/C=C/c1ccccc1)[C@@H](N=Cc1ccccc1O)c1ccc(F)cc1. The van der Waals surface area contributed by atoms with Gasteiger partial charge in [0.15, 0.2) is 0 Å². The van der Waals surface area contributed by atoms with Crippen LogP contribution in [0, 0.1) is 5.82 Å². The van der Waals surface area contributed by atoms with Crippen molar-refractivity contribution < 1.29 is 14.6 Å². The molecule has 35 heavy (non-hydrogen) atoms. The van der Waals surface area contributed by atoms with Gasteiger partial charge >= 0.3 is 0 Å². The van der Waals surface area contributed by atoms with Gasteiger partial charge in [0.2, 0.25) is 0 Å². The van der Waals surface area contributed by atoms with Crippen molar-refractivity contribution in [3.05, 3.63) is 137 Å². The van der Waals surface area contributed by atoms with Crippen LogP contribution in [0.25, 0.3) is 6.08 Å². The summed E-state index contributed by atoms with van der Waals surface area (Å²) in [4.78, 5) is 9.53. The second-order valence-electron chi connectivity index (χ2n) is 7.93. The van der Waals surface area contributed by atoms with Crippen molar-refractivity contribution in [1.82, 2.24) is 0 Å². The van der Waals surface area contributed by atoms with E-state index >= 15 is 0 Å². The van der Waals surface area contributed by atoms with Crippen molar-refractivity contribution >= 4 is 18.5 Å². The largest absolute Gasteiger partial charge is 0.507 e. The molecule has 2 N–H and O–H groups in total. The molecule has 0 radical (unpaired) electrons. The van der Waals surface area contributed by atoms with Gasteiger partial charge < -0.3 is 10.2 Å². The second-order valence-corrected chi connectivity index (χ2v) is 7.93. The first kappa shape index (κ1) is 23.6. The molecule has 0 amide bonds. The fourth-order valence-corrected chi connectivity index (χ4v) is 3.56. The Morgan fingerprint density at radius 1 is 0.629 bits per heavy atom. The van der Waals surface area contributed by atoms with Crippen LogP contribution in [-0.4, -0.2) is 28.7 Å². The van der Waals surface area contributed by atoms with E-state index in [9.17, 15) is 14.6 Å². The van der Waals surface area contributed by atoms with Crippen LogP contribution in [-0.2, 0) is 0 Å². The zero-order valence-electron chi connectivity index (χ0n) is 18.9. The normalized spacial score (nSPS) is 13.5. The molecule has 0 bridgehead atoms. The van der Waals surface area contributed by atoms with Crippen LogP contribution >= 0.6 is 0 Å². The van der Waals surface area contributed by atoms with Crippen molar-refractivity contribution in [3.8, 4) is 11.5 Å². The lowest BCUT2D eigenvalue weighted by molar-refractivity contribution is 0.473. The van der Waals surface area contributed by atoms with Gasteiger partial charge in [-0.3, -0.25) is 9.98 Å². The number of halogens is 1. The van der Waals surface area contributed by atoms with Crippen LogP contribution in [0.15, 0.2) is 119 Å². The Labute approximate surface area is 204 Å². The van der Waals surface area contributed by atoms with Gasteiger partial charge in [0.05, 0.1) is 6.04 Å². The summed E-state index contributed by atoms with van der Waals surface area (Å²) in [7, 11) is 0. The third kappa shape index (κ3) is 6.51. The molecule has 0 aliphatic carbocycles. The first-order chi connectivity index (χ1) is 17.1. The van der Waals surface area contributed by atoms with Crippen molar-refractivity contribution in [2.75, 3.05) is 0 Å². The highest BCUT2D eigenvalue weighted by molar-refractivity contribution is 5.84. The van der Waals surface area contributed by atoms with Crippen LogP contribution in [0.3, 0.4) is 0 Å². The fourth-order valence-electron chi connectivity index (χ4n) is 3.56. The van der Waals surface area contributed by atoms with Crippen LogP contribution in [0.5, 0.6) is 11.5 Å². The summed E-state index contributed by atoms with van der Waals surface area (Å²) in [5, 5.41) is 20.4. The quantitative estimate of drug-likeness (QED) is 0.289. The maximum Gasteiger partial charge on any atom is 0.124 e. The molecule has 4 aromatic rings. The molecular formula is C30H25FN2O2. The van der Waals surface area contributed by atoms with E-state index in [1.54, 1.807) is 61.0 Å². The standard InChI is InChI=1S/C30H25FN2O2/c31-26-17-15-23(16-18-26)30(33-21-25-11-5-7-13-29(25)35)27(19-14-22-8-2-1-3-9-22)32-20-24-10-4-6-12-28(24)34/h1-21,27,30,34-35H/b19-14+,32-20?,33-21?/t27-,30-/m0/s1. The van der Waals surface area contributed by atoms with Crippen LogP contribution < -0.4 is 0 Å². The average molecular weight is 465 g/mol. The number of phenolic OH excluding ortho intramolecular Hbond substituents is 2. The molecule has 0 heterocycles. The molecule has 0 saturated heterocycles. The zero-order chi connectivity index (χ0) is 24.5. The van der Waals surface area contributed by atoms with Gasteiger partial charge in [-0.1, -0.05) is 78.9 Å². The van der Waals surface area contributed by atoms with E-state index in [2.05, 4.69) is 0 Å². The number of nitrogens with zero attached hydrogens (tertiary/aromatic N) is 2. The Bertz CT molecular complexity index is 1330. The van der Waals surface area contributed by atoms with Crippen LogP contribution in [0.1, 0.15) is 28.3 Å². The number of aliphatic imine (C=N–C) groups is 2. The number of aromatic hydroxyl groups is 2. The minimum Gasteiger partial charge on any atom is -0.507 e. The van der Waals surface area contributed by atoms with E-state index < -0.39 is 12.1 Å². The number of rotatable bonds is 8. The van der Waals surface area contributed by atoms with Crippen molar-refractivity contribution in [2.24, 2.45) is 9.98 Å². The topological polar surface area (TPSA) is 65.2 Å².